The fourth-order valence-corrected chi connectivity index (χ4v) is 5.81. The topological polar surface area (TPSA) is 72.6 Å². The number of thiol groups is 1. The molecule has 2 rings (SSSR count). The normalized spacial score (nSPS) is 12.1. The van der Waals surface area contributed by atoms with Crippen molar-refractivity contribution in [2.24, 2.45) is 5.73 Å². The SMILES string of the molecule is N[C@@H](Cc1cc(I)c(Oc2cc(I)c(O)c(I)c2)c(I)c1)C(=O)S. The fraction of sp³-hybridized carbons (Fsp3) is 0.133. The molecule has 3 N–H and O–H groups in total. The molecule has 0 aliphatic carbocycles. The first-order valence-electron chi connectivity index (χ1n) is 6.51. The molecule has 0 aliphatic heterocycles. The van der Waals surface area contributed by atoms with Gasteiger partial charge in [0.05, 0.1) is 20.3 Å². The molecule has 4 nitrogen and oxygen atoms in total. The third-order valence-corrected chi connectivity index (χ3v) is 6.62. The van der Waals surface area contributed by atoms with Crippen LogP contribution < -0.4 is 10.5 Å². The molecule has 128 valence electrons. The monoisotopic (exact) mass is 793 g/mol. The van der Waals surface area contributed by atoms with Crippen molar-refractivity contribution in [1.82, 2.24) is 0 Å². The first-order chi connectivity index (χ1) is 11.2. The van der Waals surface area contributed by atoms with E-state index in [2.05, 4.69) is 103 Å². The Morgan fingerprint density at radius 3 is 2.04 bits per heavy atom. The maximum Gasteiger partial charge on any atom is 0.202 e. The van der Waals surface area contributed by atoms with Crippen LogP contribution in [0.5, 0.6) is 17.2 Å². The van der Waals surface area contributed by atoms with Crippen LogP contribution in [0, 0.1) is 14.3 Å². The van der Waals surface area contributed by atoms with Crippen LogP contribution >= 0.6 is 103 Å². The number of carbonyl (C=O) groups excluding carboxylic acids is 1. The second-order valence-corrected chi connectivity index (χ2v) is 9.96. The molecule has 0 aliphatic rings. The molecule has 0 radical (unpaired) electrons. The minimum atomic E-state index is -0.619. The first kappa shape index (κ1) is 21.2. The summed E-state index contributed by atoms with van der Waals surface area (Å²) in [5.74, 6) is 1.66. The summed E-state index contributed by atoms with van der Waals surface area (Å²) in [4.78, 5) is 11.2. The quantitative estimate of drug-likeness (QED) is 0.297. The maximum absolute atomic E-state index is 11.2. The molecule has 9 heteroatoms. The van der Waals surface area contributed by atoms with Gasteiger partial charge >= 0.3 is 0 Å². The van der Waals surface area contributed by atoms with E-state index in [4.69, 9.17) is 10.5 Å². The number of nitrogens with two attached hydrogens (primary N) is 1. The highest BCUT2D eigenvalue weighted by Crippen LogP contribution is 2.36. The number of ether oxygens (including phenoxy) is 1. The van der Waals surface area contributed by atoms with E-state index in [0.29, 0.717) is 12.2 Å². The number of benzene rings is 2. The second kappa shape index (κ2) is 9.23. The van der Waals surface area contributed by atoms with Crippen molar-refractivity contribution in [3.63, 3.8) is 0 Å². The molecule has 0 saturated heterocycles. The molecule has 2 aromatic carbocycles. The zero-order valence-electron chi connectivity index (χ0n) is 11.9. The Balaban J connectivity index is 2.30. The van der Waals surface area contributed by atoms with E-state index in [1.54, 1.807) is 12.1 Å². The Kier molecular flexibility index (Phi) is 8.17. The average molecular weight is 793 g/mol. The summed E-state index contributed by atoms with van der Waals surface area (Å²) in [6.45, 7) is 0. The van der Waals surface area contributed by atoms with E-state index >= 15 is 0 Å². The molecule has 24 heavy (non-hydrogen) atoms. The minimum Gasteiger partial charge on any atom is -0.506 e. The van der Waals surface area contributed by atoms with Gasteiger partial charge in [0.25, 0.3) is 0 Å². The third kappa shape index (κ3) is 5.47. The summed E-state index contributed by atoms with van der Waals surface area (Å²) in [7, 11) is 0. The van der Waals surface area contributed by atoms with Crippen LogP contribution in [-0.2, 0) is 11.2 Å². The number of hydrogen-bond donors (Lipinski definition) is 3. The molecule has 0 saturated carbocycles. The molecule has 0 aromatic heterocycles. The number of halogens is 4. The van der Waals surface area contributed by atoms with Gasteiger partial charge in [0, 0.05) is 0 Å². The van der Waals surface area contributed by atoms with Gasteiger partial charge in [-0.2, -0.15) is 0 Å². The largest absolute Gasteiger partial charge is 0.506 e. The third-order valence-electron chi connectivity index (χ3n) is 3.04. The van der Waals surface area contributed by atoms with Crippen molar-refractivity contribution in [2.45, 2.75) is 12.5 Å². The molecule has 1 atom stereocenters. The Morgan fingerprint density at radius 2 is 1.58 bits per heavy atom. The van der Waals surface area contributed by atoms with Gasteiger partial charge in [-0.3, -0.25) is 4.79 Å². The van der Waals surface area contributed by atoms with Crippen molar-refractivity contribution < 1.29 is 14.6 Å². The predicted octanol–water partition coefficient (Wildman–Crippen LogP) is 4.93. The zero-order valence-corrected chi connectivity index (χ0v) is 21.4. The van der Waals surface area contributed by atoms with Crippen molar-refractivity contribution in [2.75, 3.05) is 0 Å². The summed E-state index contributed by atoms with van der Waals surface area (Å²) in [6, 6.07) is 6.85. The van der Waals surface area contributed by atoms with Gasteiger partial charge < -0.3 is 15.6 Å². The van der Waals surface area contributed by atoms with Gasteiger partial charge in [0.1, 0.15) is 11.5 Å². The maximum atomic E-state index is 11.2. The molecular weight excluding hydrogens is 782 g/mol. The summed E-state index contributed by atoms with van der Waals surface area (Å²) < 4.78 is 9.32. The van der Waals surface area contributed by atoms with Crippen molar-refractivity contribution in [1.29, 1.82) is 0 Å². The average Bonchev–Trinajstić information content (AvgIpc) is 2.48. The van der Waals surface area contributed by atoms with Crippen LogP contribution in [0.3, 0.4) is 0 Å². The zero-order chi connectivity index (χ0) is 18.0. The van der Waals surface area contributed by atoms with E-state index in [1.165, 1.54) is 0 Å². The Morgan fingerprint density at radius 1 is 1.08 bits per heavy atom. The van der Waals surface area contributed by atoms with Gasteiger partial charge in [-0.15, -0.1) is 12.6 Å². The van der Waals surface area contributed by atoms with Crippen LogP contribution in [0.2, 0.25) is 0 Å². The molecule has 0 amide bonds. The Hall–Kier alpha value is 0.940. The molecule has 0 unspecified atom stereocenters. The summed E-state index contributed by atoms with van der Waals surface area (Å²) in [6.07, 6.45) is 0.434. The summed E-state index contributed by atoms with van der Waals surface area (Å²) in [5.41, 5.74) is 6.73. The number of phenols is 1. The molecule has 0 fully saturated rings. The van der Waals surface area contributed by atoms with E-state index in [9.17, 15) is 9.90 Å². The minimum absolute atomic E-state index is 0.258. The lowest BCUT2D eigenvalue weighted by Crippen LogP contribution is -2.29. The smallest absolute Gasteiger partial charge is 0.202 e. The highest BCUT2D eigenvalue weighted by molar-refractivity contribution is 14.1. The van der Waals surface area contributed by atoms with Gasteiger partial charge in [-0.05, 0) is 127 Å². The lowest BCUT2D eigenvalue weighted by Gasteiger charge is -2.14. The van der Waals surface area contributed by atoms with Crippen LogP contribution in [0.4, 0.5) is 0 Å². The Bertz CT molecular complexity index is 754. The standard InChI is InChI=1S/C15H11I4NO3S/c16-8-4-7(5-9(17)13(8)21)23-14-10(18)1-6(2-11(14)19)3-12(20)15(22)24/h1-2,4-5,12,21H,3,20H2,(H,22,24)/t12-/m0/s1. The predicted molar refractivity (Wildman–Crippen MR) is 131 cm³/mol. The van der Waals surface area contributed by atoms with Gasteiger partial charge in [-0.1, -0.05) is 0 Å². The molecular formula is C15H11I4NO3S. The molecule has 0 spiro atoms. The van der Waals surface area contributed by atoms with Crippen molar-refractivity contribution in [3.8, 4) is 17.2 Å². The van der Waals surface area contributed by atoms with Gasteiger partial charge in [-0.25, -0.2) is 0 Å². The van der Waals surface area contributed by atoms with Crippen molar-refractivity contribution in [3.05, 3.63) is 44.1 Å². The number of hydrogen-bond acceptors (Lipinski definition) is 4. The van der Waals surface area contributed by atoms with Crippen LogP contribution in [0.15, 0.2) is 24.3 Å². The van der Waals surface area contributed by atoms with E-state index < -0.39 is 6.04 Å². The van der Waals surface area contributed by atoms with E-state index in [0.717, 1.165) is 25.6 Å². The molecule has 0 heterocycles. The summed E-state index contributed by atoms with van der Waals surface area (Å²) >= 11 is 12.3. The summed E-state index contributed by atoms with van der Waals surface area (Å²) in [5, 5.41) is 9.53. The van der Waals surface area contributed by atoms with Crippen LogP contribution in [0.25, 0.3) is 0 Å². The van der Waals surface area contributed by atoms with Crippen molar-refractivity contribution >= 4 is 108 Å². The second-order valence-electron chi connectivity index (χ2n) is 4.88. The van der Waals surface area contributed by atoms with Crippen LogP contribution in [-0.4, -0.2) is 16.3 Å². The van der Waals surface area contributed by atoms with E-state index in [1.807, 2.05) is 12.1 Å². The number of aromatic hydroxyl groups is 1. The highest BCUT2D eigenvalue weighted by Gasteiger charge is 2.15. The number of rotatable bonds is 5. The van der Waals surface area contributed by atoms with Gasteiger partial charge in [0.2, 0.25) is 5.12 Å². The number of carbonyl (C=O) groups is 1. The fourth-order valence-electron chi connectivity index (χ4n) is 1.89. The van der Waals surface area contributed by atoms with Crippen LogP contribution in [0.1, 0.15) is 5.56 Å². The lowest BCUT2D eigenvalue weighted by atomic mass is 10.1. The number of phenolic OH excluding ortho intramolecular Hbond substituents is 1. The lowest BCUT2D eigenvalue weighted by molar-refractivity contribution is -0.111. The highest BCUT2D eigenvalue weighted by atomic mass is 127. The van der Waals surface area contributed by atoms with Gasteiger partial charge in [0.15, 0.2) is 5.75 Å². The van der Waals surface area contributed by atoms with E-state index in [-0.39, 0.29) is 10.9 Å². The molecule has 2 aromatic rings. The molecule has 0 bridgehead atoms. The Labute approximate surface area is 199 Å². The first-order valence-corrected chi connectivity index (χ1v) is 11.3.